The number of aromatic nitrogens is 4. The SMILES string of the molecule is COc1cc2ncnc(N3CCC(N(C)C(=O)c4ccn(C)n4)CC3)c2cc1OC. The lowest BCUT2D eigenvalue weighted by molar-refractivity contribution is 0.0702. The van der Waals surface area contributed by atoms with E-state index in [1.165, 1.54) is 0 Å². The van der Waals surface area contributed by atoms with Gasteiger partial charge in [0, 0.05) is 50.9 Å². The Morgan fingerprint density at radius 2 is 1.83 bits per heavy atom. The van der Waals surface area contributed by atoms with Gasteiger partial charge in [0.2, 0.25) is 0 Å². The first kappa shape index (κ1) is 19.9. The molecule has 0 N–H and O–H groups in total. The van der Waals surface area contributed by atoms with Crippen molar-refractivity contribution in [1.29, 1.82) is 0 Å². The zero-order valence-electron chi connectivity index (χ0n) is 17.7. The van der Waals surface area contributed by atoms with Crippen LogP contribution < -0.4 is 14.4 Å². The number of anilines is 1. The minimum Gasteiger partial charge on any atom is -0.493 e. The quantitative estimate of drug-likeness (QED) is 0.637. The number of nitrogens with zero attached hydrogens (tertiary/aromatic N) is 6. The second-order valence-corrected chi connectivity index (χ2v) is 7.43. The van der Waals surface area contributed by atoms with Gasteiger partial charge in [-0.15, -0.1) is 0 Å². The fraction of sp³-hybridized carbons (Fsp3) is 0.429. The predicted molar refractivity (Wildman–Crippen MR) is 113 cm³/mol. The maximum absolute atomic E-state index is 12.7. The van der Waals surface area contributed by atoms with Gasteiger partial charge in [0.25, 0.3) is 5.91 Å². The Kier molecular flexibility index (Phi) is 5.43. The van der Waals surface area contributed by atoms with Gasteiger partial charge in [-0.25, -0.2) is 9.97 Å². The fourth-order valence-corrected chi connectivity index (χ4v) is 3.96. The Balaban J connectivity index is 1.51. The Labute approximate surface area is 175 Å². The number of hydrogen-bond acceptors (Lipinski definition) is 7. The Morgan fingerprint density at radius 3 is 2.47 bits per heavy atom. The zero-order valence-corrected chi connectivity index (χ0v) is 17.7. The molecule has 1 fully saturated rings. The summed E-state index contributed by atoms with van der Waals surface area (Å²) < 4.78 is 12.5. The van der Waals surface area contributed by atoms with Crippen LogP contribution in [-0.4, -0.2) is 71.0 Å². The van der Waals surface area contributed by atoms with E-state index in [4.69, 9.17) is 9.47 Å². The number of fused-ring (bicyclic) bond motifs is 1. The van der Waals surface area contributed by atoms with Crippen molar-refractivity contribution in [3.8, 4) is 11.5 Å². The van der Waals surface area contributed by atoms with Gasteiger partial charge in [-0.05, 0) is 25.0 Å². The van der Waals surface area contributed by atoms with Crippen LogP contribution in [0.25, 0.3) is 10.9 Å². The summed E-state index contributed by atoms with van der Waals surface area (Å²) in [6.45, 7) is 1.59. The molecule has 30 heavy (non-hydrogen) atoms. The van der Waals surface area contributed by atoms with Gasteiger partial charge in [0.15, 0.2) is 11.5 Å². The first-order valence-electron chi connectivity index (χ1n) is 9.90. The van der Waals surface area contributed by atoms with Crippen LogP contribution in [0.1, 0.15) is 23.3 Å². The smallest absolute Gasteiger partial charge is 0.274 e. The summed E-state index contributed by atoms with van der Waals surface area (Å²) in [5.74, 6) is 2.12. The number of piperidine rings is 1. The average Bonchev–Trinajstić information content (AvgIpc) is 3.23. The summed E-state index contributed by atoms with van der Waals surface area (Å²) in [6, 6.07) is 5.71. The van der Waals surface area contributed by atoms with Gasteiger partial charge in [-0.3, -0.25) is 9.48 Å². The predicted octanol–water partition coefficient (Wildman–Crippen LogP) is 2.12. The van der Waals surface area contributed by atoms with Crippen LogP contribution in [0.3, 0.4) is 0 Å². The maximum atomic E-state index is 12.7. The van der Waals surface area contributed by atoms with Gasteiger partial charge in [0.1, 0.15) is 17.8 Å². The van der Waals surface area contributed by atoms with Crippen molar-refractivity contribution in [2.24, 2.45) is 7.05 Å². The molecule has 1 aromatic carbocycles. The summed E-state index contributed by atoms with van der Waals surface area (Å²) >= 11 is 0. The number of ether oxygens (including phenoxy) is 2. The normalized spacial score (nSPS) is 14.7. The number of carbonyl (C=O) groups is 1. The molecule has 0 aliphatic carbocycles. The highest BCUT2D eigenvalue weighted by atomic mass is 16.5. The molecule has 0 unspecified atom stereocenters. The molecule has 0 spiro atoms. The molecule has 3 heterocycles. The van der Waals surface area contributed by atoms with E-state index in [1.807, 2.05) is 31.1 Å². The highest BCUT2D eigenvalue weighted by Crippen LogP contribution is 2.35. The number of benzene rings is 1. The van der Waals surface area contributed by atoms with E-state index in [0.29, 0.717) is 17.2 Å². The third-order valence-corrected chi connectivity index (χ3v) is 5.68. The molecule has 2 aromatic heterocycles. The zero-order chi connectivity index (χ0) is 21.3. The Hall–Kier alpha value is -3.36. The first-order chi connectivity index (χ1) is 14.5. The third-order valence-electron chi connectivity index (χ3n) is 5.68. The van der Waals surface area contributed by atoms with E-state index in [2.05, 4.69) is 20.0 Å². The maximum Gasteiger partial charge on any atom is 0.274 e. The molecular weight excluding hydrogens is 384 g/mol. The van der Waals surface area contributed by atoms with Gasteiger partial charge < -0.3 is 19.3 Å². The molecule has 158 valence electrons. The molecule has 1 aliphatic rings. The van der Waals surface area contributed by atoms with Crippen molar-refractivity contribution < 1.29 is 14.3 Å². The second kappa shape index (κ2) is 8.17. The lowest BCUT2D eigenvalue weighted by Crippen LogP contribution is -2.46. The van der Waals surface area contributed by atoms with E-state index in [0.717, 1.165) is 42.7 Å². The summed E-state index contributed by atoms with van der Waals surface area (Å²) in [6.07, 6.45) is 5.07. The molecule has 1 amide bonds. The standard InChI is InChI=1S/C21H26N6O3/c1-25-8-7-16(24-25)21(28)26(2)14-5-9-27(10-6-14)20-15-11-18(29-3)19(30-4)12-17(15)22-13-23-20/h7-8,11-14H,5-6,9-10H2,1-4H3. The van der Waals surface area contributed by atoms with Crippen LogP contribution in [0.15, 0.2) is 30.7 Å². The van der Waals surface area contributed by atoms with E-state index in [9.17, 15) is 4.79 Å². The van der Waals surface area contributed by atoms with Gasteiger partial charge >= 0.3 is 0 Å². The number of methoxy groups -OCH3 is 2. The van der Waals surface area contributed by atoms with Crippen LogP contribution in [0.5, 0.6) is 11.5 Å². The molecule has 4 rings (SSSR count). The van der Waals surface area contributed by atoms with Crippen LogP contribution in [-0.2, 0) is 7.05 Å². The molecular formula is C21H26N6O3. The Bertz CT molecular complexity index is 1060. The number of carbonyl (C=O) groups excluding carboxylic acids is 1. The largest absolute Gasteiger partial charge is 0.493 e. The number of aryl methyl sites for hydroxylation is 1. The number of hydrogen-bond donors (Lipinski definition) is 0. The van der Waals surface area contributed by atoms with Crippen molar-refractivity contribution in [3.63, 3.8) is 0 Å². The fourth-order valence-electron chi connectivity index (χ4n) is 3.96. The van der Waals surface area contributed by atoms with Crippen LogP contribution in [0.4, 0.5) is 5.82 Å². The van der Waals surface area contributed by atoms with Crippen molar-refractivity contribution in [2.75, 3.05) is 39.3 Å². The number of rotatable bonds is 5. The number of amides is 1. The van der Waals surface area contributed by atoms with E-state index in [-0.39, 0.29) is 11.9 Å². The lowest BCUT2D eigenvalue weighted by Gasteiger charge is -2.37. The van der Waals surface area contributed by atoms with E-state index in [1.54, 1.807) is 37.5 Å². The third kappa shape index (κ3) is 3.62. The molecule has 0 radical (unpaired) electrons. The summed E-state index contributed by atoms with van der Waals surface area (Å²) in [4.78, 5) is 25.7. The first-order valence-corrected chi connectivity index (χ1v) is 9.90. The monoisotopic (exact) mass is 410 g/mol. The Morgan fingerprint density at radius 1 is 1.13 bits per heavy atom. The minimum atomic E-state index is -0.0432. The van der Waals surface area contributed by atoms with Crippen LogP contribution >= 0.6 is 0 Å². The summed E-state index contributed by atoms with van der Waals surface area (Å²) in [7, 11) is 6.90. The van der Waals surface area contributed by atoms with Crippen molar-refractivity contribution >= 4 is 22.6 Å². The van der Waals surface area contributed by atoms with Crippen molar-refractivity contribution in [3.05, 3.63) is 36.4 Å². The lowest BCUT2D eigenvalue weighted by atomic mass is 10.0. The van der Waals surface area contributed by atoms with Gasteiger partial charge in [-0.2, -0.15) is 5.10 Å². The second-order valence-electron chi connectivity index (χ2n) is 7.43. The van der Waals surface area contributed by atoms with Crippen molar-refractivity contribution in [2.45, 2.75) is 18.9 Å². The molecule has 3 aromatic rings. The highest BCUT2D eigenvalue weighted by molar-refractivity contribution is 5.93. The molecule has 0 atom stereocenters. The molecule has 9 heteroatoms. The van der Waals surface area contributed by atoms with Crippen LogP contribution in [0, 0.1) is 0 Å². The van der Waals surface area contributed by atoms with Gasteiger partial charge in [0.05, 0.1) is 19.7 Å². The highest BCUT2D eigenvalue weighted by Gasteiger charge is 2.28. The summed E-state index contributed by atoms with van der Waals surface area (Å²) in [5.41, 5.74) is 1.28. The molecule has 9 nitrogen and oxygen atoms in total. The molecule has 1 saturated heterocycles. The van der Waals surface area contributed by atoms with Crippen molar-refractivity contribution in [1.82, 2.24) is 24.6 Å². The minimum absolute atomic E-state index is 0.0432. The van der Waals surface area contributed by atoms with E-state index >= 15 is 0 Å². The summed E-state index contributed by atoms with van der Waals surface area (Å²) in [5, 5.41) is 5.15. The molecule has 0 bridgehead atoms. The molecule has 0 saturated carbocycles. The molecule has 1 aliphatic heterocycles. The van der Waals surface area contributed by atoms with E-state index < -0.39 is 0 Å². The van der Waals surface area contributed by atoms with Gasteiger partial charge in [-0.1, -0.05) is 0 Å². The topological polar surface area (TPSA) is 85.6 Å². The van der Waals surface area contributed by atoms with Crippen LogP contribution in [0.2, 0.25) is 0 Å². The average molecular weight is 410 g/mol.